The van der Waals surface area contributed by atoms with E-state index in [9.17, 15) is 4.79 Å². The predicted molar refractivity (Wildman–Crippen MR) is 102 cm³/mol. The number of piperazine rings is 1. The maximum absolute atomic E-state index is 12.4. The smallest absolute Gasteiger partial charge is 0.321 e. The summed E-state index contributed by atoms with van der Waals surface area (Å²) >= 11 is 1.72. The number of hydrogen-bond acceptors (Lipinski definition) is 4. The Morgan fingerprint density at radius 2 is 1.88 bits per heavy atom. The van der Waals surface area contributed by atoms with Gasteiger partial charge in [0.25, 0.3) is 0 Å². The van der Waals surface area contributed by atoms with Crippen LogP contribution in [0.25, 0.3) is 0 Å². The van der Waals surface area contributed by atoms with Gasteiger partial charge in [0.15, 0.2) is 0 Å². The van der Waals surface area contributed by atoms with Crippen LogP contribution in [0.15, 0.2) is 53.4 Å². The molecule has 0 aromatic heterocycles. The number of hydrogen-bond donors (Lipinski definition) is 2. The molecule has 2 aromatic rings. The highest BCUT2D eigenvalue weighted by atomic mass is 32.2. The molecule has 0 bridgehead atoms. The summed E-state index contributed by atoms with van der Waals surface area (Å²) in [6.07, 6.45) is 0. The average Bonchev–Trinajstić information content (AvgIpc) is 2.68. The Hall–Kier alpha value is -2.18. The number of para-hydroxylation sites is 1. The minimum absolute atomic E-state index is 0.0287. The van der Waals surface area contributed by atoms with E-state index in [0.717, 1.165) is 48.3 Å². The minimum Gasteiger partial charge on any atom is -0.497 e. The Balaban J connectivity index is 1.62. The van der Waals surface area contributed by atoms with Crippen molar-refractivity contribution in [3.8, 4) is 5.75 Å². The molecule has 25 heavy (non-hydrogen) atoms. The van der Waals surface area contributed by atoms with Crippen molar-refractivity contribution in [1.29, 1.82) is 0 Å². The molecule has 0 unspecified atom stereocenters. The van der Waals surface area contributed by atoms with E-state index in [1.54, 1.807) is 18.9 Å². The van der Waals surface area contributed by atoms with Crippen LogP contribution in [-0.2, 0) is 5.75 Å². The van der Waals surface area contributed by atoms with Gasteiger partial charge in [0, 0.05) is 36.8 Å². The summed E-state index contributed by atoms with van der Waals surface area (Å²) in [6, 6.07) is 16.0. The molecule has 0 saturated carbocycles. The van der Waals surface area contributed by atoms with Crippen molar-refractivity contribution in [3.63, 3.8) is 0 Å². The zero-order chi connectivity index (χ0) is 17.5. The van der Waals surface area contributed by atoms with Gasteiger partial charge >= 0.3 is 6.03 Å². The largest absolute Gasteiger partial charge is 0.497 e. The van der Waals surface area contributed by atoms with Gasteiger partial charge in [-0.05, 0) is 29.8 Å². The third-order valence-electron chi connectivity index (χ3n) is 4.09. The molecular weight excluding hydrogens is 334 g/mol. The SMILES string of the molecule is COc1ccc(CSc2ccccc2NC(=O)N2CCNCC2)cc1. The number of amides is 2. The lowest BCUT2D eigenvalue weighted by Gasteiger charge is -2.27. The lowest BCUT2D eigenvalue weighted by Crippen LogP contribution is -2.48. The van der Waals surface area contributed by atoms with E-state index in [2.05, 4.69) is 22.8 Å². The molecule has 6 heteroatoms. The molecule has 132 valence electrons. The van der Waals surface area contributed by atoms with Gasteiger partial charge in [-0.15, -0.1) is 11.8 Å². The number of ether oxygens (including phenoxy) is 1. The van der Waals surface area contributed by atoms with Gasteiger partial charge in [0.05, 0.1) is 12.8 Å². The Morgan fingerprint density at radius 3 is 2.60 bits per heavy atom. The molecule has 1 saturated heterocycles. The third kappa shape index (κ3) is 4.90. The van der Waals surface area contributed by atoms with Gasteiger partial charge in [-0.1, -0.05) is 24.3 Å². The number of methoxy groups -OCH3 is 1. The van der Waals surface area contributed by atoms with Crippen LogP contribution in [0.1, 0.15) is 5.56 Å². The second kappa shape index (κ2) is 8.78. The summed E-state index contributed by atoms with van der Waals surface area (Å²) in [5.74, 6) is 1.70. The fourth-order valence-corrected chi connectivity index (χ4v) is 3.60. The van der Waals surface area contributed by atoms with Gasteiger partial charge in [-0.25, -0.2) is 4.79 Å². The van der Waals surface area contributed by atoms with Crippen LogP contribution in [0, 0.1) is 0 Å². The topological polar surface area (TPSA) is 53.6 Å². The monoisotopic (exact) mass is 357 g/mol. The molecule has 2 aromatic carbocycles. The molecule has 3 rings (SSSR count). The van der Waals surface area contributed by atoms with Crippen LogP contribution >= 0.6 is 11.8 Å². The van der Waals surface area contributed by atoms with E-state index in [1.807, 2.05) is 41.3 Å². The minimum atomic E-state index is -0.0287. The van der Waals surface area contributed by atoms with E-state index in [0.29, 0.717) is 0 Å². The van der Waals surface area contributed by atoms with Crippen LogP contribution in [0.5, 0.6) is 5.75 Å². The number of carbonyl (C=O) groups is 1. The molecule has 5 nitrogen and oxygen atoms in total. The van der Waals surface area contributed by atoms with E-state index < -0.39 is 0 Å². The summed E-state index contributed by atoms with van der Waals surface area (Å²) in [7, 11) is 1.67. The zero-order valence-electron chi connectivity index (χ0n) is 14.3. The summed E-state index contributed by atoms with van der Waals surface area (Å²) in [6.45, 7) is 3.18. The Kier molecular flexibility index (Phi) is 6.19. The number of rotatable bonds is 5. The second-order valence-electron chi connectivity index (χ2n) is 5.80. The first-order valence-electron chi connectivity index (χ1n) is 8.37. The molecule has 2 amide bonds. The van der Waals surface area contributed by atoms with Crippen molar-refractivity contribution in [2.45, 2.75) is 10.6 Å². The molecule has 0 spiro atoms. The Bertz CT molecular complexity index is 700. The second-order valence-corrected chi connectivity index (χ2v) is 6.82. The molecule has 2 N–H and O–H groups in total. The highest BCUT2D eigenvalue weighted by Crippen LogP contribution is 2.30. The van der Waals surface area contributed by atoms with Gasteiger partial charge in [0.2, 0.25) is 0 Å². The van der Waals surface area contributed by atoms with Crippen molar-refractivity contribution in [2.75, 3.05) is 38.6 Å². The zero-order valence-corrected chi connectivity index (χ0v) is 15.1. The maximum atomic E-state index is 12.4. The molecular formula is C19H23N3O2S. The van der Waals surface area contributed by atoms with Crippen molar-refractivity contribution in [2.24, 2.45) is 0 Å². The lowest BCUT2D eigenvalue weighted by atomic mass is 10.2. The van der Waals surface area contributed by atoms with E-state index in [1.165, 1.54) is 5.56 Å². The maximum Gasteiger partial charge on any atom is 0.321 e. The van der Waals surface area contributed by atoms with Crippen molar-refractivity contribution in [3.05, 3.63) is 54.1 Å². The number of anilines is 1. The van der Waals surface area contributed by atoms with Crippen molar-refractivity contribution >= 4 is 23.5 Å². The van der Waals surface area contributed by atoms with E-state index in [4.69, 9.17) is 4.74 Å². The van der Waals surface area contributed by atoms with Gasteiger partial charge in [0.1, 0.15) is 5.75 Å². The Morgan fingerprint density at radius 1 is 1.16 bits per heavy atom. The molecule has 0 atom stereocenters. The van der Waals surface area contributed by atoms with Crippen LogP contribution in [0.3, 0.4) is 0 Å². The average molecular weight is 357 g/mol. The van der Waals surface area contributed by atoms with Gasteiger partial charge < -0.3 is 20.3 Å². The fraction of sp³-hybridized carbons (Fsp3) is 0.316. The summed E-state index contributed by atoms with van der Waals surface area (Å²) in [4.78, 5) is 15.3. The first kappa shape index (κ1) is 17.6. The quantitative estimate of drug-likeness (QED) is 0.805. The summed E-state index contributed by atoms with van der Waals surface area (Å²) < 4.78 is 5.19. The summed E-state index contributed by atoms with van der Waals surface area (Å²) in [5, 5.41) is 6.31. The number of urea groups is 1. The molecule has 0 aliphatic carbocycles. The van der Waals surface area contributed by atoms with Crippen LogP contribution in [0.4, 0.5) is 10.5 Å². The third-order valence-corrected chi connectivity index (χ3v) is 5.23. The van der Waals surface area contributed by atoms with Crippen LogP contribution < -0.4 is 15.4 Å². The highest BCUT2D eigenvalue weighted by Gasteiger charge is 2.17. The van der Waals surface area contributed by atoms with Crippen LogP contribution in [0.2, 0.25) is 0 Å². The number of benzene rings is 2. The van der Waals surface area contributed by atoms with Crippen molar-refractivity contribution in [1.82, 2.24) is 10.2 Å². The highest BCUT2D eigenvalue weighted by molar-refractivity contribution is 7.98. The number of thioether (sulfide) groups is 1. The molecule has 1 aliphatic rings. The summed E-state index contributed by atoms with van der Waals surface area (Å²) in [5.41, 5.74) is 2.08. The lowest BCUT2D eigenvalue weighted by molar-refractivity contribution is 0.204. The van der Waals surface area contributed by atoms with E-state index >= 15 is 0 Å². The molecule has 1 aliphatic heterocycles. The van der Waals surface area contributed by atoms with Crippen LogP contribution in [-0.4, -0.2) is 44.2 Å². The number of carbonyl (C=O) groups excluding carboxylic acids is 1. The molecule has 1 heterocycles. The molecule has 1 fully saturated rings. The Labute approximate surface area is 152 Å². The number of nitrogens with zero attached hydrogens (tertiary/aromatic N) is 1. The van der Waals surface area contributed by atoms with Gasteiger partial charge in [-0.3, -0.25) is 0 Å². The number of nitrogens with one attached hydrogen (secondary N) is 2. The normalized spacial score (nSPS) is 14.2. The first-order valence-corrected chi connectivity index (χ1v) is 9.36. The fourth-order valence-electron chi connectivity index (χ4n) is 2.64. The van der Waals surface area contributed by atoms with Crippen molar-refractivity contribution < 1.29 is 9.53 Å². The predicted octanol–water partition coefficient (Wildman–Crippen LogP) is 3.42. The van der Waals surface area contributed by atoms with E-state index in [-0.39, 0.29) is 6.03 Å². The first-order chi connectivity index (χ1) is 12.3. The standard InChI is InChI=1S/C19H23N3O2S/c1-24-16-8-6-15(7-9-16)14-25-18-5-3-2-4-17(18)21-19(23)22-12-10-20-11-13-22/h2-9,20H,10-14H2,1H3,(H,21,23). The molecule has 0 radical (unpaired) electrons. The van der Waals surface area contributed by atoms with Gasteiger partial charge in [-0.2, -0.15) is 0 Å².